The van der Waals surface area contributed by atoms with Gasteiger partial charge in [0.15, 0.2) is 0 Å². The standard InChI is InChI=1S/2C12H27Si.Al.ClH/c2*1-10(2,3)13(11(4,5)6)12(7,8)9;;/h2*1-9H3;;1H/q;;+1;/p-1. The smallest absolute Gasteiger partial charge is 0.293 e. The summed E-state index contributed by atoms with van der Waals surface area (Å²) in [5.41, 5.74) is 0. The molecule has 0 bridgehead atoms. The van der Waals surface area contributed by atoms with E-state index < -0.39 is 17.6 Å². The van der Waals surface area contributed by atoms with Crippen LogP contribution in [0.5, 0.6) is 0 Å². The molecule has 0 aliphatic carbocycles. The zero-order valence-corrected chi connectivity index (χ0v) is 26.9. The molecule has 0 rings (SSSR count). The molecule has 0 aliphatic rings. The van der Waals surface area contributed by atoms with Gasteiger partial charge in [-0.1, -0.05) is 125 Å². The third-order valence-corrected chi connectivity index (χ3v) is 13.5. The first-order chi connectivity index (χ1) is 11.7. The minimum absolute atomic E-state index is 0.391. The molecule has 0 heterocycles. The molecule has 0 nitrogen and oxygen atoms in total. The first-order valence-corrected chi connectivity index (χ1v) is 15.5. The Hall–Kier alpha value is 1.26. The van der Waals surface area contributed by atoms with Crippen molar-refractivity contribution in [2.24, 2.45) is 0 Å². The number of halogens is 1. The van der Waals surface area contributed by atoms with Gasteiger partial charge in [-0.3, -0.25) is 10.0 Å². The van der Waals surface area contributed by atoms with E-state index in [1.54, 1.807) is 0 Å². The lowest BCUT2D eigenvalue weighted by atomic mass is 10.2. The average Bonchev–Trinajstić information content (AvgIpc) is 2.17. The van der Waals surface area contributed by atoms with Gasteiger partial charge < -0.3 is 0 Å². The molecule has 0 unspecified atom stereocenters. The molecular weight excluding hydrogens is 407 g/mol. The summed E-state index contributed by atoms with van der Waals surface area (Å²) < 4.78 is 0. The van der Waals surface area contributed by atoms with Crippen molar-refractivity contribution in [1.29, 1.82) is 0 Å². The highest BCUT2D eigenvalue weighted by atomic mass is 35.6. The average molecular weight is 461 g/mol. The van der Waals surface area contributed by atoms with Gasteiger partial charge in [-0.05, 0) is 30.2 Å². The minimum Gasteiger partial charge on any atom is -0.293 e. The predicted molar refractivity (Wildman–Crippen MR) is 141 cm³/mol. The van der Waals surface area contributed by atoms with Gasteiger partial charge in [-0.15, -0.1) is 0 Å². The van der Waals surface area contributed by atoms with Crippen LogP contribution in [-0.4, -0.2) is 33.0 Å². The molecule has 0 atom stereocenters. The van der Waals surface area contributed by atoms with Crippen LogP contribution >= 0.6 is 10.0 Å². The van der Waals surface area contributed by atoms with Gasteiger partial charge in [0.25, 0.3) is 15.4 Å². The fourth-order valence-electron chi connectivity index (χ4n) is 6.75. The van der Waals surface area contributed by atoms with Gasteiger partial charge in [-0.2, -0.15) is 0 Å². The summed E-state index contributed by atoms with van der Waals surface area (Å²) in [5, 5.41) is 2.92. The Morgan fingerprint density at radius 2 is 0.393 bits per heavy atom. The van der Waals surface area contributed by atoms with Crippen LogP contribution in [-0.2, 0) is 0 Å². The van der Waals surface area contributed by atoms with Crippen LogP contribution in [0.15, 0.2) is 0 Å². The first kappa shape index (κ1) is 33.9. The van der Waals surface area contributed by atoms with E-state index in [-0.39, 0.29) is 0 Å². The minimum atomic E-state index is -0.391. The molecule has 0 aromatic heterocycles. The highest BCUT2D eigenvalue weighted by Gasteiger charge is 2.45. The number of hydrogen-bond donors (Lipinski definition) is 0. The van der Waals surface area contributed by atoms with E-state index >= 15 is 0 Å². The van der Waals surface area contributed by atoms with Crippen molar-refractivity contribution in [2.45, 2.75) is 155 Å². The Labute approximate surface area is 197 Å². The summed E-state index contributed by atoms with van der Waals surface area (Å²) in [6, 6.07) is 0. The summed E-state index contributed by atoms with van der Waals surface area (Å²) in [4.78, 5) is 0. The van der Waals surface area contributed by atoms with E-state index in [0.29, 0.717) is 30.2 Å². The van der Waals surface area contributed by atoms with E-state index in [0.717, 1.165) is 0 Å². The van der Waals surface area contributed by atoms with Gasteiger partial charge in [0.2, 0.25) is 0 Å². The molecule has 0 amide bonds. The second kappa shape index (κ2) is 11.2. The predicted octanol–water partition coefficient (Wildman–Crippen LogP) is 10.1. The maximum absolute atomic E-state index is 4.56. The monoisotopic (exact) mass is 460 g/mol. The van der Waals surface area contributed by atoms with Crippen LogP contribution in [0.25, 0.3) is 0 Å². The summed E-state index contributed by atoms with van der Waals surface area (Å²) in [7, 11) is 3.77. The van der Waals surface area contributed by atoms with E-state index in [4.69, 9.17) is 0 Å². The van der Waals surface area contributed by atoms with E-state index in [1.807, 2.05) is 15.4 Å². The first-order valence-electron chi connectivity index (χ1n) is 10.7. The molecule has 0 saturated carbocycles. The van der Waals surface area contributed by atoms with Gasteiger partial charge in [0, 0.05) is 0 Å². The fourth-order valence-corrected chi connectivity index (χ4v) is 20.2. The van der Waals surface area contributed by atoms with Crippen molar-refractivity contribution in [3.63, 3.8) is 0 Å². The van der Waals surface area contributed by atoms with Gasteiger partial charge >= 0.3 is 0 Å². The molecule has 0 aromatic rings. The lowest BCUT2D eigenvalue weighted by Gasteiger charge is -2.47. The largest absolute Gasteiger partial charge is 0.293 e. The molecule has 4 radical (unpaired) electrons. The molecule has 168 valence electrons. The van der Waals surface area contributed by atoms with Crippen molar-refractivity contribution in [3.05, 3.63) is 0 Å². The molecule has 28 heavy (non-hydrogen) atoms. The van der Waals surface area contributed by atoms with Crippen LogP contribution in [0.2, 0.25) is 30.2 Å². The second-order valence-electron chi connectivity index (χ2n) is 14.2. The Kier molecular flexibility index (Phi) is 13.6. The SMILES string of the molecule is CC(C)(C)[Si](C(C)(C)C)C(C)(C)C.CC(C)(C)[Si](C(C)(C)C)C(C)(C)C.[Al][Cl]. The molecule has 0 aromatic carbocycles. The van der Waals surface area contributed by atoms with E-state index in [9.17, 15) is 0 Å². The van der Waals surface area contributed by atoms with E-state index in [1.165, 1.54) is 0 Å². The van der Waals surface area contributed by atoms with Crippen molar-refractivity contribution in [2.75, 3.05) is 0 Å². The molecule has 0 N–H and O–H groups in total. The van der Waals surface area contributed by atoms with E-state index in [2.05, 4.69) is 135 Å². The van der Waals surface area contributed by atoms with Crippen LogP contribution in [0.3, 0.4) is 0 Å². The lowest BCUT2D eigenvalue weighted by molar-refractivity contribution is 0.567. The Morgan fingerprint density at radius 1 is 0.321 bits per heavy atom. The zero-order valence-electron chi connectivity index (χ0n) is 23.0. The van der Waals surface area contributed by atoms with Gasteiger partial charge in [0.05, 0.1) is 17.6 Å². The number of rotatable bonds is 0. The van der Waals surface area contributed by atoms with Crippen LogP contribution in [0.1, 0.15) is 125 Å². The molecular formula is C24H54AlClSi2. The topological polar surface area (TPSA) is 0 Å². The fraction of sp³-hybridized carbons (Fsp3) is 1.00. The Balaban J connectivity index is -0.000000410. The Bertz CT molecular complexity index is 310. The Morgan fingerprint density at radius 3 is 0.393 bits per heavy atom. The lowest BCUT2D eigenvalue weighted by Crippen LogP contribution is -2.42. The van der Waals surface area contributed by atoms with Gasteiger partial charge in [0.1, 0.15) is 0 Å². The van der Waals surface area contributed by atoms with Crippen molar-refractivity contribution in [3.8, 4) is 0 Å². The maximum Gasteiger partial charge on any atom is 0.293 e. The third-order valence-electron chi connectivity index (χ3n) is 4.50. The maximum atomic E-state index is 4.56. The molecule has 0 spiro atoms. The summed E-state index contributed by atoms with van der Waals surface area (Å²) in [6.45, 7) is 43.2. The molecule has 0 saturated heterocycles. The molecule has 0 aliphatic heterocycles. The highest BCUT2D eigenvalue weighted by molar-refractivity contribution is 6.80. The van der Waals surface area contributed by atoms with Crippen molar-refractivity contribution < 1.29 is 0 Å². The second-order valence-corrected chi connectivity index (χ2v) is 24.8. The number of hydrogen-bond acceptors (Lipinski definition) is 0. The van der Waals surface area contributed by atoms with Crippen LogP contribution in [0, 0.1) is 0 Å². The zero-order chi connectivity index (χ0) is 24.2. The van der Waals surface area contributed by atoms with Crippen LogP contribution < -0.4 is 0 Å². The van der Waals surface area contributed by atoms with Crippen molar-refractivity contribution >= 4 is 43.0 Å². The molecule has 0 fully saturated rings. The third kappa shape index (κ3) is 13.5. The molecule has 4 heteroatoms. The van der Waals surface area contributed by atoms with Gasteiger partial charge in [-0.25, -0.2) is 0 Å². The van der Waals surface area contributed by atoms with Crippen molar-refractivity contribution in [1.82, 2.24) is 0 Å². The normalized spacial score (nSPS) is 14.3. The highest BCUT2D eigenvalue weighted by Crippen LogP contribution is 2.53. The summed E-state index contributed by atoms with van der Waals surface area (Å²) in [5.74, 6) is 0. The quantitative estimate of drug-likeness (QED) is 0.315. The van der Waals surface area contributed by atoms with Crippen LogP contribution in [0.4, 0.5) is 0 Å². The summed E-state index contributed by atoms with van der Waals surface area (Å²) >= 11 is 1.89. The summed E-state index contributed by atoms with van der Waals surface area (Å²) in [6.07, 6.45) is 0.